The first-order valence-electron chi connectivity index (χ1n) is 6.51. The van der Waals surface area contributed by atoms with Gasteiger partial charge in [-0.3, -0.25) is 10.1 Å². The predicted molar refractivity (Wildman–Crippen MR) is 83.1 cm³/mol. The van der Waals surface area contributed by atoms with E-state index < -0.39 is 0 Å². The SMILES string of the molecule is Cc1c2ccc(C=NNc3ccccc3)cc2nn1C. The first-order chi connectivity index (χ1) is 9.74. The van der Waals surface area contributed by atoms with Crippen molar-refractivity contribution >= 4 is 22.8 Å². The highest BCUT2D eigenvalue weighted by molar-refractivity contribution is 5.89. The molecular weight excluding hydrogens is 248 g/mol. The molecule has 0 amide bonds. The fourth-order valence-electron chi connectivity index (χ4n) is 2.12. The van der Waals surface area contributed by atoms with E-state index in [4.69, 9.17) is 0 Å². The third-order valence-electron chi connectivity index (χ3n) is 3.34. The summed E-state index contributed by atoms with van der Waals surface area (Å²) in [6, 6.07) is 16.0. The minimum atomic E-state index is 0.971. The number of hydrogen-bond acceptors (Lipinski definition) is 3. The Morgan fingerprint density at radius 3 is 2.75 bits per heavy atom. The molecule has 0 atom stereocenters. The van der Waals surface area contributed by atoms with E-state index in [-0.39, 0.29) is 0 Å². The van der Waals surface area contributed by atoms with Crippen LogP contribution in [-0.2, 0) is 7.05 Å². The molecule has 0 aliphatic rings. The summed E-state index contributed by atoms with van der Waals surface area (Å²) in [7, 11) is 1.96. The highest BCUT2D eigenvalue weighted by Crippen LogP contribution is 2.17. The van der Waals surface area contributed by atoms with Crippen LogP contribution in [0.4, 0.5) is 5.69 Å². The molecule has 1 N–H and O–H groups in total. The maximum atomic E-state index is 4.47. The Morgan fingerprint density at radius 1 is 1.15 bits per heavy atom. The quantitative estimate of drug-likeness (QED) is 0.582. The number of aromatic nitrogens is 2. The van der Waals surface area contributed by atoms with Crippen LogP contribution in [0.3, 0.4) is 0 Å². The van der Waals surface area contributed by atoms with Gasteiger partial charge in [0.15, 0.2) is 0 Å². The second kappa shape index (κ2) is 5.17. The van der Waals surface area contributed by atoms with Gasteiger partial charge in [0, 0.05) is 18.1 Å². The molecule has 3 rings (SSSR count). The molecule has 1 heterocycles. The van der Waals surface area contributed by atoms with Gasteiger partial charge in [-0.1, -0.05) is 30.3 Å². The average Bonchev–Trinajstić information content (AvgIpc) is 2.75. The summed E-state index contributed by atoms with van der Waals surface area (Å²) in [4.78, 5) is 0. The van der Waals surface area contributed by atoms with E-state index in [1.807, 2.05) is 54.2 Å². The molecule has 0 saturated heterocycles. The molecule has 0 radical (unpaired) electrons. The van der Waals surface area contributed by atoms with Crippen molar-refractivity contribution in [3.8, 4) is 0 Å². The molecule has 0 spiro atoms. The number of nitrogens with one attached hydrogen (secondary N) is 1. The molecule has 0 saturated carbocycles. The molecule has 0 aliphatic heterocycles. The largest absolute Gasteiger partial charge is 0.279 e. The summed E-state index contributed by atoms with van der Waals surface area (Å²) in [5.41, 5.74) is 7.17. The molecule has 0 bridgehead atoms. The number of benzene rings is 2. The number of anilines is 1. The Labute approximate surface area is 117 Å². The van der Waals surface area contributed by atoms with Gasteiger partial charge in [0.2, 0.25) is 0 Å². The van der Waals surface area contributed by atoms with Crippen LogP contribution in [0.2, 0.25) is 0 Å². The van der Waals surface area contributed by atoms with Gasteiger partial charge in [0.1, 0.15) is 0 Å². The van der Waals surface area contributed by atoms with Crippen molar-refractivity contribution < 1.29 is 0 Å². The van der Waals surface area contributed by atoms with Crippen molar-refractivity contribution in [1.29, 1.82) is 0 Å². The normalized spacial score (nSPS) is 11.3. The van der Waals surface area contributed by atoms with Crippen molar-refractivity contribution in [2.24, 2.45) is 12.1 Å². The minimum Gasteiger partial charge on any atom is -0.279 e. The summed E-state index contributed by atoms with van der Waals surface area (Å²) >= 11 is 0. The van der Waals surface area contributed by atoms with Crippen LogP contribution >= 0.6 is 0 Å². The van der Waals surface area contributed by atoms with Crippen molar-refractivity contribution in [2.45, 2.75) is 6.92 Å². The van der Waals surface area contributed by atoms with Crippen LogP contribution in [0, 0.1) is 6.92 Å². The van der Waals surface area contributed by atoms with Crippen LogP contribution in [-0.4, -0.2) is 16.0 Å². The van der Waals surface area contributed by atoms with E-state index in [1.165, 1.54) is 11.1 Å². The zero-order valence-electron chi connectivity index (χ0n) is 11.5. The summed E-state index contributed by atoms with van der Waals surface area (Å²) in [5.74, 6) is 0. The Bertz CT molecular complexity index is 757. The molecule has 100 valence electrons. The highest BCUT2D eigenvalue weighted by atomic mass is 15.3. The molecule has 4 nitrogen and oxygen atoms in total. The van der Waals surface area contributed by atoms with Gasteiger partial charge in [-0.2, -0.15) is 10.2 Å². The first-order valence-corrected chi connectivity index (χ1v) is 6.51. The molecule has 0 fully saturated rings. The zero-order chi connectivity index (χ0) is 13.9. The van der Waals surface area contributed by atoms with Crippen LogP contribution in [0.25, 0.3) is 10.9 Å². The third kappa shape index (κ3) is 2.40. The topological polar surface area (TPSA) is 42.2 Å². The predicted octanol–water partition coefficient (Wildman–Crippen LogP) is 3.33. The van der Waals surface area contributed by atoms with Gasteiger partial charge in [-0.15, -0.1) is 0 Å². The first kappa shape index (κ1) is 12.4. The zero-order valence-corrected chi connectivity index (χ0v) is 11.5. The Morgan fingerprint density at radius 2 is 1.95 bits per heavy atom. The lowest BCUT2D eigenvalue weighted by Gasteiger charge is -1.98. The van der Waals surface area contributed by atoms with Crippen molar-refractivity contribution in [2.75, 3.05) is 5.43 Å². The highest BCUT2D eigenvalue weighted by Gasteiger charge is 2.04. The van der Waals surface area contributed by atoms with Gasteiger partial charge >= 0.3 is 0 Å². The summed E-state index contributed by atoms with van der Waals surface area (Å²) in [5, 5.41) is 9.89. The number of fused-ring (bicyclic) bond motifs is 1. The van der Waals surface area contributed by atoms with Crippen LogP contribution < -0.4 is 5.43 Å². The standard InChI is InChI=1S/C16H16N4/c1-12-15-9-8-13(10-16(15)19-20(12)2)11-17-18-14-6-4-3-5-7-14/h3-11,18H,1-2H3. The Kier molecular flexibility index (Phi) is 3.21. The van der Waals surface area contributed by atoms with Crippen LogP contribution in [0.1, 0.15) is 11.3 Å². The maximum Gasteiger partial charge on any atom is 0.0932 e. The van der Waals surface area contributed by atoms with Gasteiger partial charge in [-0.25, -0.2) is 0 Å². The average molecular weight is 264 g/mol. The Balaban J connectivity index is 1.81. The van der Waals surface area contributed by atoms with Gasteiger partial charge in [-0.05, 0) is 30.7 Å². The summed E-state index contributed by atoms with van der Waals surface area (Å²) < 4.78 is 1.90. The van der Waals surface area contributed by atoms with Crippen molar-refractivity contribution in [3.63, 3.8) is 0 Å². The van der Waals surface area contributed by atoms with E-state index in [1.54, 1.807) is 6.21 Å². The van der Waals surface area contributed by atoms with Crippen molar-refractivity contribution in [1.82, 2.24) is 9.78 Å². The summed E-state index contributed by atoms with van der Waals surface area (Å²) in [6.45, 7) is 2.07. The molecule has 3 aromatic rings. The number of para-hydroxylation sites is 1. The lowest BCUT2D eigenvalue weighted by Crippen LogP contribution is -1.91. The molecule has 20 heavy (non-hydrogen) atoms. The molecular formula is C16H16N4. The fourth-order valence-corrected chi connectivity index (χ4v) is 2.12. The molecule has 4 heteroatoms. The maximum absolute atomic E-state index is 4.47. The second-order valence-corrected chi connectivity index (χ2v) is 4.72. The smallest absolute Gasteiger partial charge is 0.0932 e. The molecule has 1 aromatic heterocycles. The second-order valence-electron chi connectivity index (χ2n) is 4.72. The number of aryl methyl sites for hydroxylation is 2. The summed E-state index contributed by atoms with van der Waals surface area (Å²) in [6.07, 6.45) is 1.80. The van der Waals surface area contributed by atoms with E-state index in [2.05, 4.69) is 28.6 Å². The monoisotopic (exact) mass is 264 g/mol. The number of rotatable bonds is 3. The molecule has 0 unspecified atom stereocenters. The minimum absolute atomic E-state index is 0.971. The van der Waals surface area contributed by atoms with Crippen LogP contribution in [0.15, 0.2) is 53.6 Å². The number of hydrazone groups is 1. The van der Waals surface area contributed by atoms with Crippen molar-refractivity contribution in [3.05, 3.63) is 59.8 Å². The van der Waals surface area contributed by atoms with Crippen LogP contribution in [0.5, 0.6) is 0 Å². The van der Waals surface area contributed by atoms with Gasteiger partial charge < -0.3 is 0 Å². The van der Waals surface area contributed by atoms with E-state index in [0.717, 1.165) is 16.8 Å². The Hall–Kier alpha value is -2.62. The van der Waals surface area contributed by atoms with E-state index in [0.29, 0.717) is 0 Å². The molecule has 0 aliphatic carbocycles. The number of hydrogen-bond donors (Lipinski definition) is 1. The van der Waals surface area contributed by atoms with Gasteiger partial charge in [0.05, 0.1) is 17.4 Å². The third-order valence-corrected chi connectivity index (χ3v) is 3.34. The lowest BCUT2D eigenvalue weighted by molar-refractivity contribution is 0.751. The van der Waals surface area contributed by atoms with E-state index in [9.17, 15) is 0 Å². The van der Waals surface area contributed by atoms with E-state index >= 15 is 0 Å². The molecule has 2 aromatic carbocycles. The number of nitrogens with zero attached hydrogens (tertiary/aromatic N) is 3. The lowest BCUT2D eigenvalue weighted by atomic mass is 10.1. The fraction of sp³-hybridized carbons (Fsp3) is 0.125. The van der Waals surface area contributed by atoms with Gasteiger partial charge in [0.25, 0.3) is 0 Å².